The summed E-state index contributed by atoms with van der Waals surface area (Å²) in [6.45, 7) is 0.692. The van der Waals surface area contributed by atoms with Gasteiger partial charge in [-0.2, -0.15) is 0 Å². The molecule has 102 valence electrons. The van der Waals surface area contributed by atoms with Crippen LogP contribution in [0.4, 0.5) is 0 Å². The molecule has 0 bridgehead atoms. The van der Waals surface area contributed by atoms with Crippen molar-refractivity contribution >= 4 is 39.1 Å². The van der Waals surface area contributed by atoms with Crippen LogP contribution in [0.1, 0.15) is 30.6 Å². The maximum atomic E-state index is 12.6. The molecule has 1 aliphatic carbocycles. The van der Waals surface area contributed by atoms with Crippen LogP contribution in [0.3, 0.4) is 0 Å². The number of amides is 2. The third kappa shape index (κ3) is 2.31. The van der Waals surface area contributed by atoms with Gasteiger partial charge in [-0.05, 0) is 40.2 Å². The molecule has 3 rings (SSSR count). The molecular weight excluding hydrogens is 328 g/mol. The van der Waals surface area contributed by atoms with Crippen LogP contribution in [0.5, 0.6) is 0 Å². The van der Waals surface area contributed by atoms with E-state index in [1.165, 1.54) is 0 Å². The lowest BCUT2D eigenvalue weighted by Gasteiger charge is -2.39. The Hall–Kier alpha value is -0.880. The Balaban J connectivity index is 1.83. The lowest BCUT2D eigenvalue weighted by atomic mass is 9.93. The first-order valence-corrected chi connectivity index (χ1v) is 8.10. The summed E-state index contributed by atoms with van der Waals surface area (Å²) < 4.78 is 1.01. The normalized spacial score (nSPS) is 22.1. The van der Waals surface area contributed by atoms with Crippen LogP contribution in [-0.4, -0.2) is 28.8 Å². The molecule has 2 amide bonds. The molecule has 1 N–H and O–H groups in total. The topological polar surface area (TPSA) is 49.4 Å². The number of nitrogens with one attached hydrogen (secondary N) is 1. The Bertz CT molecular complexity index is 522. The van der Waals surface area contributed by atoms with Crippen molar-refractivity contribution in [3.05, 3.63) is 20.8 Å². The summed E-state index contributed by atoms with van der Waals surface area (Å²) in [5.41, 5.74) is -0.612. The molecular formula is C13H15BrN2O2S. The molecule has 19 heavy (non-hydrogen) atoms. The first kappa shape index (κ1) is 13.1. The van der Waals surface area contributed by atoms with E-state index >= 15 is 0 Å². The highest BCUT2D eigenvalue weighted by atomic mass is 79.9. The first-order chi connectivity index (χ1) is 9.11. The fourth-order valence-electron chi connectivity index (χ4n) is 2.96. The van der Waals surface area contributed by atoms with E-state index in [0.717, 1.165) is 35.0 Å². The van der Waals surface area contributed by atoms with Crippen LogP contribution in [0, 0.1) is 0 Å². The summed E-state index contributed by atoms with van der Waals surface area (Å²) in [5, 5.41) is 4.91. The van der Waals surface area contributed by atoms with Crippen LogP contribution in [0.15, 0.2) is 15.9 Å². The maximum absolute atomic E-state index is 12.6. The van der Waals surface area contributed by atoms with Gasteiger partial charge in [0.05, 0.1) is 6.54 Å². The smallest absolute Gasteiger partial charge is 0.249 e. The number of thiophene rings is 1. The highest BCUT2D eigenvalue weighted by Gasteiger charge is 2.48. The van der Waals surface area contributed by atoms with Gasteiger partial charge in [-0.1, -0.05) is 12.8 Å². The summed E-state index contributed by atoms with van der Waals surface area (Å²) in [7, 11) is 0. The van der Waals surface area contributed by atoms with Crippen molar-refractivity contribution in [1.82, 2.24) is 10.2 Å². The molecule has 2 heterocycles. The van der Waals surface area contributed by atoms with E-state index in [4.69, 9.17) is 0 Å². The molecule has 1 aromatic heterocycles. The first-order valence-electron chi connectivity index (χ1n) is 6.43. The minimum absolute atomic E-state index is 0.0332. The van der Waals surface area contributed by atoms with Crippen molar-refractivity contribution in [3.63, 3.8) is 0 Å². The maximum Gasteiger partial charge on any atom is 0.249 e. The van der Waals surface area contributed by atoms with Gasteiger partial charge in [0.2, 0.25) is 11.8 Å². The Morgan fingerprint density at radius 1 is 1.37 bits per heavy atom. The fraction of sp³-hybridized carbons (Fsp3) is 0.538. The SMILES string of the molecule is O=C1CN(Cc2sccc2Br)C(=O)C2(CCCC2)N1. The summed E-state index contributed by atoms with van der Waals surface area (Å²) in [6, 6.07) is 1.97. The largest absolute Gasteiger partial charge is 0.340 e. The molecule has 1 aromatic rings. The number of rotatable bonds is 2. The third-order valence-corrected chi connectivity index (χ3v) is 5.80. The Morgan fingerprint density at radius 3 is 2.74 bits per heavy atom. The third-order valence-electron chi connectivity index (χ3n) is 3.89. The van der Waals surface area contributed by atoms with Crippen molar-refractivity contribution in [3.8, 4) is 0 Å². The second-order valence-electron chi connectivity index (χ2n) is 5.19. The number of hydrogen-bond acceptors (Lipinski definition) is 3. The lowest BCUT2D eigenvalue weighted by Crippen LogP contribution is -2.65. The van der Waals surface area contributed by atoms with Crippen LogP contribution in [0.2, 0.25) is 0 Å². The molecule has 0 atom stereocenters. The van der Waals surface area contributed by atoms with Crippen LogP contribution in [0.25, 0.3) is 0 Å². The number of nitrogens with zero attached hydrogens (tertiary/aromatic N) is 1. The zero-order chi connectivity index (χ0) is 13.5. The summed E-state index contributed by atoms with van der Waals surface area (Å²) in [5.74, 6) is 0.0547. The lowest BCUT2D eigenvalue weighted by molar-refractivity contribution is -0.150. The Morgan fingerprint density at radius 2 is 2.11 bits per heavy atom. The standard InChI is InChI=1S/C13H15BrN2O2S/c14-9-3-6-19-10(9)7-16-8-11(17)15-13(12(16)18)4-1-2-5-13/h3,6H,1-2,4-5,7-8H2,(H,15,17). The van der Waals surface area contributed by atoms with Crippen LogP contribution in [-0.2, 0) is 16.1 Å². The van der Waals surface area contributed by atoms with E-state index in [-0.39, 0.29) is 18.4 Å². The summed E-state index contributed by atoms with van der Waals surface area (Å²) >= 11 is 5.08. The van der Waals surface area contributed by atoms with Crippen molar-refractivity contribution in [2.75, 3.05) is 6.54 Å². The van der Waals surface area contributed by atoms with Gasteiger partial charge in [-0.25, -0.2) is 0 Å². The Kier molecular flexibility index (Phi) is 3.39. The Labute approximate surface area is 124 Å². The highest BCUT2D eigenvalue weighted by Crippen LogP contribution is 2.34. The predicted octanol–water partition coefficient (Wildman–Crippen LogP) is 2.28. The molecule has 0 unspecified atom stereocenters. The number of carbonyl (C=O) groups is 2. The van der Waals surface area contributed by atoms with E-state index < -0.39 is 5.54 Å². The van der Waals surface area contributed by atoms with Gasteiger partial charge < -0.3 is 10.2 Å². The highest BCUT2D eigenvalue weighted by molar-refractivity contribution is 9.10. The summed E-state index contributed by atoms with van der Waals surface area (Å²) in [6.07, 6.45) is 3.59. The summed E-state index contributed by atoms with van der Waals surface area (Å²) in [4.78, 5) is 27.3. The minimum atomic E-state index is -0.612. The van der Waals surface area contributed by atoms with Crippen molar-refractivity contribution in [1.29, 1.82) is 0 Å². The van der Waals surface area contributed by atoms with Gasteiger partial charge in [0.25, 0.3) is 0 Å². The fourth-order valence-corrected chi connectivity index (χ4v) is 4.46. The van der Waals surface area contributed by atoms with Gasteiger partial charge in [0.1, 0.15) is 12.1 Å². The molecule has 1 saturated carbocycles. The van der Waals surface area contributed by atoms with Crippen LogP contribution >= 0.6 is 27.3 Å². The van der Waals surface area contributed by atoms with E-state index in [9.17, 15) is 9.59 Å². The number of piperazine rings is 1. The van der Waals surface area contributed by atoms with E-state index in [1.54, 1.807) is 16.2 Å². The molecule has 6 heteroatoms. The molecule has 2 aliphatic rings. The second-order valence-corrected chi connectivity index (χ2v) is 7.05. The zero-order valence-corrected chi connectivity index (χ0v) is 12.8. The molecule has 1 saturated heterocycles. The van der Waals surface area contributed by atoms with Crippen molar-refractivity contribution in [2.45, 2.75) is 37.8 Å². The average molecular weight is 343 g/mol. The monoisotopic (exact) mass is 342 g/mol. The molecule has 2 fully saturated rings. The number of carbonyl (C=O) groups excluding carboxylic acids is 2. The average Bonchev–Trinajstić information content (AvgIpc) is 2.97. The van der Waals surface area contributed by atoms with Gasteiger partial charge >= 0.3 is 0 Å². The van der Waals surface area contributed by atoms with Crippen molar-refractivity contribution in [2.24, 2.45) is 0 Å². The van der Waals surface area contributed by atoms with Gasteiger partial charge in [0.15, 0.2) is 0 Å². The predicted molar refractivity (Wildman–Crippen MR) is 76.8 cm³/mol. The van der Waals surface area contributed by atoms with E-state index in [1.807, 2.05) is 11.4 Å². The molecule has 4 nitrogen and oxygen atoms in total. The molecule has 0 radical (unpaired) electrons. The number of hydrogen-bond donors (Lipinski definition) is 1. The van der Waals surface area contributed by atoms with Crippen molar-refractivity contribution < 1.29 is 9.59 Å². The van der Waals surface area contributed by atoms with Gasteiger partial charge in [-0.15, -0.1) is 11.3 Å². The van der Waals surface area contributed by atoms with Gasteiger partial charge in [-0.3, -0.25) is 9.59 Å². The number of halogens is 1. The second kappa shape index (κ2) is 4.90. The quantitative estimate of drug-likeness (QED) is 0.896. The van der Waals surface area contributed by atoms with E-state index in [0.29, 0.717) is 6.54 Å². The molecule has 1 spiro atoms. The zero-order valence-electron chi connectivity index (χ0n) is 10.4. The molecule has 0 aromatic carbocycles. The molecule has 1 aliphatic heterocycles. The minimum Gasteiger partial charge on any atom is -0.340 e. The van der Waals surface area contributed by atoms with Gasteiger partial charge in [0, 0.05) is 9.35 Å². The van der Waals surface area contributed by atoms with Crippen LogP contribution < -0.4 is 5.32 Å². The van der Waals surface area contributed by atoms with E-state index in [2.05, 4.69) is 21.2 Å².